The molecule has 2 rings (SSSR count). The van der Waals surface area contributed by atoms with Crippen LogP contribution < -0.4 is 5.32 Å². The minimum absolute atomic E-state index is 0.374. The summed E-state index contributed by atoms with van der Waals surface area (Å²) in [6, 6.07) is 14.0. The van der Waals surface area contributed by atoms with E-state index in [1.165, 1.54) is 5.01 Å². The van der Waals surface area contributed by atoms with Crippen molar-refractivity contribution in [1.82, 2.24) is 5.01 Å². The molecule has 0 aliphatic rings. The van der Waals surface area contributed by atoms with E-state index in [2.05, 4.69) is 10.4 Å². The van der Waals surface area contributed by atoms with Crippen molar-refractivity contribution < 1.29 is 4.79 Å². The average Bonchev–Trinajstić information content (AvgIpc) is 2.49. The van der Waals surface area contributed by atoms with Gasteiger partial charge in [-0.05, 0) is 23.8 Å². The minimum atomic E-state index is -0.374. The second kappa shape index (κ2) is 7.11. The van der Waals surface area contributed by atoms with Crippen molar-refractivity contribution in [2.45, 2.75) is 0 Å². The molecular formula is C15H13Cl2N3O. The molecule has 0 radical (unpaired) electrons. The number of rotatable bonds is 3. The summed E-state index contributed by atoms with van der Waals surface area (Å²) in [5.74, 6) is 0. The van der Waals surface area contributed by atoms with Gasteiger partial charge >= 0.3 is 6.03 Å². The van der Waals surface area contributed by atoms with Gasteiger partial charge in [0.15, 0.2) is 0 Å². The molecule has 2 aromatic carbocycles. The zero-order valence-corrected chi connectivity index (χ0v) is 12.8. The maximum Gasteiger partial charge on any atom is 0.341 e. The first-order valence-corrected chi connectivity index (χ1v) is 6.90. The Bertz CT molecular complexity index is 659. The van der Waals surface area contributed by atoms with Gasteiger partial charge in [0.1, 0.15) is 0 Å². The first kappa shape index (κ1) is 15.4. The molecule has 0 heterocycles. The number of urea groups is 1. The lowest BCUT2D eigenvalue weighted by Crippen LogP contribution is -2.26. The monoisotopic (exact) mass is 321 g/mol. The van der Waals surface area contributed by atoms with Gasteiger partial charge in [-0.25, -0.2) is 9.80 Å². The first-order chi connectivity index (χ1) is 10.1. The van der Waals surface area contributed by atoms with Crippen LogP contribution in [0.5, 0.6) is 0 Å². The van der Waals surface area contributed by atoms with Crippen LogP contribution in [0.15, 0.2) is 53.6 Å². The summed E-state index contributed by atoms with van der Waals surface area (Å²) in [5, 5.41) is 8.76. The van der Waals surface area contributed by atoms with Gasteiger partial charge in [0.05, 0.1) is 16.3 Å². The molecule has 2 aromatic rings. The summed E-state index contributed by atoms with van der Waals surface area (Å²) >= 11 is 11.7. The summed E-state index contributed by atoms with van der Waals surface area (Å²) in [5.41, 5.74) is 1.46. The summed E-state index contributed by atoms with van der Waals surface area (Å²) in [6.07, 6.45) is 1.61. The first-order valence-electron chi connectivity index (χ1n) is 6.15. The Balaban J connectivity index is 1.99. The number of carbonyl (C=O) groups is 1. The zero-order chi connectivity index (χ0) is 15.2. The van der Waals surface area contributed by atoms with E-state index < -0.39 is 0 Å². The number of halogens is 2. The third-order valence-electron chi connectivity index (χ3n) is 2.64. The molecule has 1 N–H and O–H groups in total. The van der Waals surface area contributed by atoms with Gasteiger partial charge in [0, 0.05) is 12.7 Å². The highest BCUT2D eigenvalue weighted by Crippen LogP contribution is 2.25. The van der Waals surface area contributed by atoms with Crippen LogP contribution in [0.1, 0.15) is 5.56 Å². The Morgan fingerprint density at radius 1 is 1.14 bits per heavy atom. The molecule has 0 unspecified atom stereocenters. The van der Waals surface area contributed by atoms with Gasteiger partial charge in [0.25, 0.3) is 0 Å². The number of anilines is 1. The average molecular weight is 322 g/mol. The van der Waals surface area contributed by atoms with Crippen LogP contribution in [0.2, 0.25) is 10.0 Å². The molecule has 0 atom stereocenters. The van der Waals surface area contributed by atoms with E-state index in [9.17, 15) is 4.79 Å². The number of benzene rings is 2. The summed E-state index contributed by atoms with van der Waals surface area (Å²) in [4.78, 5) is 12.0. The fraction of sp³-hybridized carbons (Fsp3) is 0.0667. The SMILES string of the molecule is CN(N=Cc1ccccc1)C(=O)Nc1ccc(Cl)c(Cl)c1. The fourth-order valence-electron chi connectivity index (χ4n) is 1.52. The molecule has 21 heavy (non-hydrogen) atoms. The fourth-order valence-corrected chi connectivity index (χ4v) is 1.82. The summed E-state index contributed by atoms with van der Waals surface area (Å²) in [7, 11) is 1.56. The standard InChI is InChI=1S/C15H13Cl2N3O/c1-20(18-10-11-5-3-2-4-6-11)15(21)19-12-7-8-13(16)14(17)9-12/h2-10H,1H3,(H,19,21). The molecule has 0 saturated carbocycles. The van der Waals surface area contributed by atoms with Crippen LogP contribution in [0.4, 0.5) is 10.5 Å². The van der Waals surface area contributed by atoms with E-state index in [-0.39, 0.29) is 6.03 Å². The molecule has 0 aromatic heterocycles. The van der Waals surface area contributed by atoms with Gasteiger partial charge in [-0.2, -0.15) is 5.10 Å². The van der Waals surface area contributed by atoms with Gasteiger partial charge in [-0.15, -0.1) is 0 Å². The molecule has 0 bridgehead atoms. The predicted molar refractivity (Wildman–Crippen MR) is 87.3 cm³/mol. The molecule has 4 nitrogen and oxygen atoms in total. The molecule has 2 amide bonds. The van der Waals surface area contributed by atoms with Crippen molar-refractivity contribution in [3.05, 3.63) is 64.1 Å². The number of amides is 2. The van der Waals surface area contributed by atoms with Gasteiger partial charge in [0.2, 0.25) is 0 Å². The van der Waals surface area contributed by atoms with Gasteiger partial charge in [-0.3, -0.25) is 0 Å². The Kier molecular flexibility index (Phi) is 5.20. The number of nitrogens with zero attached hydrogens (tertiary/aromatic N) is 2. The van der Waals surface area contributed by atoms with Crippen LogP contribution in [0.25, 0.3) is 0 Å². The Morgan fingerprint density at radius 3 is 2.52 bits per heavy atom. The van der Waals surface area contributed by atoms with E-state index in [0.29, 0.717) is 15.7 Å². The molecule has 0 fully saturated rings. The Labute approximate surface area is 133 Å². The van der Waals surface area contributed by atoms with E-state index in [4.69, 9.17) is 23.2 Å². The van der Waals surface area contributed by atoms with Gasteiger partial charge in [-0.1, -0.05) is 53.5 Å². The van der Waals surface area contributed by atoms with Crippen molar-refractivity contribution >= 4 is 41.1 Å². The van der Waals surface area contributed by atoms with Crippen LogP contribution >= 0.6 is 23.2 Å². The summed E-state index contributed by atoms with van der Waals surface area (Å²) < 4.78 is 0. The van der Waals surface area contributed by atoms with Crippen molar-refractivity contribution in [2.75, 3.05) is 12.4 Å². The van der Waals surface area contributed by atoms with Crippen LogP contribution in [-0.2, 0) is 0 Å². The Morgan fingerprint density at radius 2 is 1.86 bits per heavy atom. The predicted octanol–water partition coefficient (Wildman–Crippen LogP) is 4.49. The third kappa shape index (κ3) is 4.48. The van der Waals surface area contributed by atoms with E-state index >= 15 is 0 Å². The molecular weight excluding hydrogens is 309 g/mol. The maximum absolute atomic E-state index is 12.0. The highest BCUT2D eigenvalue weighted by atomic mass is 35.5. The molecule has 0 aliphatic carbocycles. The second-order valence-electron chi connectivity index (χ2n) is 4.24. The minimum Gasteiger partial charge on any atom is -0.306 e. The topological polar surface area (TPSA) is 44.7 Å². The van der Waals surface area contributed by atoms with Crippen molar-refractivity contribution in [3.63, 3.8) is 0 Å². The number of hydrogen-bond acceptors (Lipinski definition) is 2. The molecule has 0 spiro atoms. The lowest BCUT2D eigenvalue weighted by molar-refractivity contribution is 0.224. The smallest absolute Gasteiger partial charge is 0.306 e. The maximum atomic E-state index is 12.0. The Hall–Kier alpha value is -2.04. The molecule has 0 saturated heterocycles. The second-order valence-corrected chi connectivity index (χ2v) is 5.05. The van der Waals surface area contributed by atoms with E-state index in [1.807, 2.05) is 30.3 Å². The van der Waals surface area contributed by atoms with Crippen LogP contribution in [0, 0.1) is 0 Å². The lowest BCUT2D eigenvalue weighted by Gasteiger charge is -2.12. The number of carbonyl (C=O) groups excluding carboxylic acids is 1. The van der Waals surface area contributed by atoms with Crippen molar-refractivity contribution in [2.24, 2.45) is 5.10 Å². The van der Waals surface area contributed by atoms with Gasteiger partial charge < -0.3 is 5.32 Å². The molecule has 0 aliphatic heterocycles. The highest BCUT2D eigenvalue weighted by Gasteiger charge is 2.08. The molecule has 108 valence electrons. The van der Waals surface area contributed by atoms with E-state index in [1.54, 1.807) is 31.5 Å². The normalized spacial score (nSPS) is 10.6. The number of hydrogen-bond donors (Lipinski definition) is 1. The number of nitrogens with one attached hydrogen (secondary N) is 1. The summed E-state index contributed by atoms with van der Waals surface area (Å²) in [6.45, 7) is 0. The number of hydrazone groups is 1. The van der Waals surface area contributed by atoms with Crippen LogP contribution in [0.3, 0.4) is 0 Å². The zero-order valence-electron chi connectivity index (χ0n) is 11.3. The lowest BCUT2D eigenvalue weighted by atomic mass is 10.2. The van der Waals surface area contributed by atoms with Crippen molar-refractivity contribution in [3.8, 4) is 0 Å². The van der Waals surface area contributed by atoms with E-state index in [0.717, 1.165) is 5.56 Å². The third-order valence-corrected chi connectivity index (χ3v) is 3.38. The molecule has 6 heteroatoms. The largest absolute Gasteiger partial charge is 0.341 e. The van der Waals surface area contributed by atoms with Crippen LogP contribution in [-0.4, -0.2) is 24.3 Å². The highest BCUT2D eigenvalue weighted by molar-refractivity contribution is 6.42. The quantitative estimate of drug-likeness (QED) is 0.657. The van der Waals surface area contributed by atoms with Crippen molar-refractivity contribution in [1.29, 1.82) is 0 Å².